The molecule has 4 N–H and O–H groups in total. The molecule has 2 heterocycles. The molecule has 3 fully saturated rings. The van der Waals surface area contributed by atoms with Gasteiger partial charge in [0.25, 0.3) is 5.91 Å². The largest absolute Gasteiger partial charge is 0.460 e. The van der Waals surface area contributed by atoms with Crippen molar-refractivity contribution < 1.29 is 43.0 Å². The summed E-state index contributed by atoms with van der Waals surface area (Å²) in [5, 5.41) is 14.6. The van der Waals surface area contributed by atoms with Crippen molar-refractivity contribution in [3.05, 3.63) is 59.7 Å². The molecule has 2 aliphatic heterocycles. The molecule has 322 valence electrons. The summed E-state index contributed by atoms with van der Waals surface area (Å²) in [5.41, 5.74) is 5.77. The maximum absolute atomic E-state index is 14.2. The topological polar surface area (TPSA) is 205 Å². The van der Waals surface area contributed by atoms with Crippen LogP contribution < -0.4 is 21.4 Å². The van der Waals surface area contributed by atoms with E-state index < -0.39 is 53.6 Å². The van der Waals surface area contributed by atoms with Crippen LogP contribution in [0.25, 0.3) is 11.1 Å². The van der Waals surface area contributed by atoms with Gasteiger partial charge in [-0.3, -0.25) is 29.0 Å². The lowest BCUT2D eigenvalue weighted by molar-refractivity contribution is -0.176. The number of hydrogen-bond donors (Lipinski definition) is 4. The molecule has 3 atom stereocenters. The van der Waals surface area contributed by atoms with E-state index in [0.717, 1.165) is 52.9 Å². The Morgan fingerprint density at radius 2 is 1.58 bits per heavy atom. The number of esters is 1. The highest BCUT2D eigenvalue weighted by Crippen LogP contribution is 2.44. The van der Waals surface area contributed by atoms with Gasteiger partial charge in [-0.1, -0.05) is 55.5 Å². The number of amides is 6. The number of carbonyl (C=O) groups is 7. The Labute approximate surface area is 350 Å². The van der Waals surface area contributed by atoms with E-state index in [4.69, 9.17) is 9.47 Å². The summed E-state index contributed by atoms with van der Waals surface area (Å²) >= 11 is 0. The quantitative estimate of drug-likeness (QED) is 0.125. The van der Waals surface area contributed by atoms with E-state index in [1.807, 2.05) is 55.5 Å². The summed E-state index contributed by atoms with van der Waals surface area (Å²) in [6.45, 7) is 7.63. The first-order valence-electron chi connectivity index (χ1n) is 21.1. The number of nitrogens with one attached hydrogen (secondary N) is 4. The van der Waals surface area contributed by atoms with Gasteiger partial charge in [-0.05, 0) is 93.9 Å². The molecule has 60 heavy (non-hydrogen) atoms. The zero-order valence-electron chi connectivity index (χ0n) is 34.9. The van der Waals surface area contributed by atoms with Gasteiger partial charge in [-0.15, -0.1) is 0 Å². The minimum atomic E-state index is -1.16. The Balaban J connectivity index is 1.08. The lowest BCUT2D eigenvalue weighted by Gasteiger charge is -2.43. The maximum atomic E-state index is 14.2. The van der Waals surface area contributed by atoms with Crippen molar-refractivity contribution in [3.63, 3.8) is 0 Å². The van der Waals surface area contributed by atoms with E-state index in [0.29, 0.717) is 19.4 Å². The van der Waals surface area contributed by atoms with Crippen LogP contribution in [0.4, 0.5) is 9.59 Å². The van der Waals surface area contributed by atoms with Crippen LogP contribution >= 0.6 is 0 Å². The Hall–Kier alpha value is -5.80. The number of Topliss-reactive ketones (excluding diaryl/α,β-unsaturated/α-hetero) is 1. The SMILES string of the molecule is CCC(=O)C1CCC(CNC(=O)N/N=C/[C@H](CC(=O)OC(C)(C)C)NC(=O)C2CCCN3C(=O)CC[C@H](NC(=O)OCC4c5ccccc5-c5ccccc54)C(=O)N23)CC1. The van der Waals surface area contributed by atoms with Gasteiger partial charge in [0.05, 0.1) is 12.5 Å². The first kappa shape index (κ1) is 43.8. The van der Waals surface area contributed by atoms with Crippen LogP contribution in [0, 0.1) is 11.8 Å². The molecule has 16 heteroatoms. The van der Waals surface area contributed by atoms with Gasteiger partial charge in [0, 0.05) is 44.0 Å². The van der Waals surface area contributed by atoms with Gasteiger partial charge in [0.15, 0.2) is 0 Å². The molecule has 2 aromatic rings. The zero-order chi connectivity index (χ0) is 43.0. The van der Waals surface area contributed by atoms with Crippen molar-refractivity contribution in [2.75, 3.05) is 19.7 Å². The second-order valence-electron chi connectivity index (χ2n) is 17.0. The number of ether oxygens (including phenoxy) is 2. The number of rotatable bonds is 13. The van der Waals surface area contributed by atoms with Crippen molar-refractivity contribution in [1.82, 2.24) is 31.4 Å². The van der Waals surface area contributed by atoms with Gasteiger partial charge in [-0.25, -0.2) is 20.0 Å². The molecule has 2 aromatic carbocycles. The number of carbonyl (C=O) groups excluding carboxylic acids is 7. The molecule has 1 unspecified atom stereocenters. The van der Waals surface area contributed by atoms with E-state index >= 15 is 0 Å². The molecular weight excluding hydrogens is 771 g/mol. The first-order valence-corrected chi connectivity index (χ1v) is 21.1. The Kier molecular flexibility index (Phi) is 14.2. The molecule has 4 aliphatic rings. The summed E-state index contributed by atoms with van der Waals surface area (Å²) in [7, 11) is 0. The minimum Gasteiger partial charge on any atom is -0.460 e. The standard InChI is InChI=1S/C44H57N7O9/c1-5-37(52)28-18-16-27(17-19-28)24-45-42(57)49-46-25-29(23-39(54)60-44(2,3)4)47-40(55)36-15-10-22-50-38(53)21-20-35(41(56)51(36)50)48-43(58)59-26-34-32-13-8-6-11-30(32)31-12-7-9-14-33(31)34/h6-9,11-14,25,27-29,34-36H,5,10,15-24,26H2,1-4H3,(H,47,55)(H,48,58)(H2,45,49,57)/b46-25+/t27?,28?,29-,35-,36?/m0/s1. The van der Waals surface area contributed by atoms with Crippen molar-refractivity contribution in [2.24, 2.45) is 16.9 Å². The van der Waals surface area contributed by atoms with Crippen LogP contribution in [-0.4, -0.2) is 101 Å². The number of hydrogen-bond acceptors (Lipinski definition) is 10. The van der Waals surface area contributed by atoms with Crippen LogP contribution in [0.5, 0.6) is 0 Å². The average Bonchev–Trinajstić information content (AvgIpc) is 3.49. The second kappa shape index (κ2) is 19.5. The van der Waals surface area contributed by atoms with Crippen molar-refractivity contribution >= 4 is 47.8 Å². The van der Waals surface area contributed by atoms with Crippen molar-refractivity contribution in [2.45, 2.75) is 122 Å². The van der Waals surface area contributed by atoms with Crippen LogP contribution in [-0.2, 0) is 33.4 Å². The summed E-state index contributed by atoms with van der Waals surface area (Å²) in [5.74, 6) is -1.92. The smallest absolute Gasteiger partial charge is 0.407 e. The lowest BCUT2D eigenvalue weighted by Crippen LogP contribution is -2.64. The molecule has 16 nitrogen and oxygen atoms in total. The maximum Gasteiger partial charge on any atom is 0.407 e. The highest BCUT2D eigenvalue weighted by molar-refractivity contribution is 5.96. The molecule has 2 aliphatic carbocycles. The van der Waals surface area contributed by atoms with E-state index in [-0.39, 0.29) is 68.3 Å². The normalized spacial score (nSPS) is 22.1. The lowest BCUT2D eigenvalue weighted by atomic mass is 9.79. The first-order chi connectivity index (χ1) is 28.7. The summed E-state index contributed by atoms with van der Waals surface area (Å²) in [4.78, 5) is 92.5. The molecule has 0 bridgehead atoms. The number of urea groups is 1. The second-order valence-corrected chi connectivity index (χ2v) is 17.0. The highest BCUT2D eigenvalue weighted by Gasteiger charge is 2.45. The average molecular weight is 828 g/mol. The number of alkyl carbamates (subject to hydrolysis) is 1. The number of nitrogens with zero attached hydrogens (tertiary/aromatic N) is 3. The number of benzene rings is 2. The molecular formula is C44H57N7O9. The van der Waals surface area contributed by atoms with Gasteiger partial charge in [-0.2, -0.15) is 5.10 Å². The van der Waals surface area contributed by atoms with Gasteiger partial charge in [0.2, 0.25) is 11.8 Å². The highest BCUT2D eigenvalue weighted by atomic mass is 16.6. The monoisotopic (exact) mass is 827 g/mol. The van der Waals surface area contributed by atoms with Crippen LogP contribution in [0.3, 0.4) is 0 Å². The fraction of sp³-hybridized carbons (Fsp3) is 0.545. The molecule has 6 amide bonds. The summed E-state index contributed by atoms with van der Waals surface area (Å²) in [6, 6.07) is 11.9. The van der Waals surface area contributed by atoms with Crippen molar-refractivity contribution in [3.8, 4) is 11.1 Å². The third-order valence-electron chi connectivity index (χ3n) is 11.6. The van der Waals surface area contributed by atoms with E-state index in [1.165, 1.54) is 11.2 Å². The Morgan fingerprint density at radius 3 is 2.23 bits per heavy atom. The summed E-state index contributed by atoms with van der Waals surface area (Å²) in [6.07, 6.45) is 4.42. The van der Waals surface area contributed by atoms with Crippen LogP contribution in [0.1, 0.15) is 109 Å². The van der Waals surface area contributed by atoms with Crippen LogP contribution in [0.15, 0.2) is 53.6 Å². The van der Waals surface area contributed by atoms with E-state index in [9.17, 15) is 33.6 Å². The van der Waals surface area contributed by atoms with Gasteiger partial charge >= 0.3 is 18.1 Å². The minimum absolute atomic E-state index is 0.00462. The van der Waals surface area contributed by atoms with Gasteiger partial charge < -0.3 is 25.4 Å². The Morgan fingerprint density at radius 1 is 0.917 bits per heavy atom. The molecule has 2 saturated heterocycles. The predicted octanol–water partition coefficient (Wildman–Crippen LogP) is 4.71. The van der Waals surface area contributed by atoms with Gasteiger partial charge in [0.1, 0.15) is 30.1 Å². The number of ketones is 1. The zero-order valence-corrected chi connectivity index (χ0v) is 34.9. The number of hydrazone groups is 1. The predicted molar refractivity (Wildman–Crippen MR) is 221 cm³/mol. The fourth-order valence-corrected chi connectivity index (χ4v) is 8.61. The Bertz CT molecular complexity index is 1930. The third kappa shape index (κ3) is 10.9. The van der Waals surface area contributed by atoms with Crippen LogP contribution in [0.2, 0.25) is 0 Å². The summed E-state index contributed by atoms with van der Waals surface area (Å²) < 4.78 is 11.2. The van der Waals surface area contributed by atoms with Crippen molar-refractivity contribution in [1.29, 1.82) is 0 Å². The molecule has 1 saturated carbocycles. The molecule has 0 spiro atoms. The molecule has 0 radical (unpaired) electrons. The molecule has 6 rings (SSSR count). The third-order valence-corrected chi connectivity index (χ3v) is 11.6. The van der Waals surface area contributed by atoms with E-state index in [2.05, 4.69) is 26.5 Å². The molecule has 0 aromatic heterocycles. The fourth-order valence-electron chi connectivity index (χ4n) is 8.61. The van der Waals surface area contributed by atoms with E-state index in [1.54, 1.807) is 20.8 Å². The number of hydrazine groups is 1. The number of fused-ring (bicyclic) bond motifs is 4.